The minimum absolute atomic E-state index is 0.0567. The number of halogens is 1. The summed E-state index contributed by atoms with van der Waals surface area (Å²) >= 11 is 5.29. The van der Waals surface area contributed by atoms with Crippen LogP contribution in [-0.2, 0) is 0 Å². The van der Waals surface area contributed by atoms with Crippen LogP contribution in [-0.4, -0.2) is 10.3 Å². The predicted octanol–water partition coefficient (Wildman–Crippen LogP) is 4.01. The van der Waals surface area contributed by atoms with Gasteiger partial charge in [0.15, 0.2) is 16.5 Å². The molecule has 1 atom stereocenters. The fraction of sp³-hybridized carbons (Fsp3) is 0.125. The third-order valence-corrected chi connectivity index (χ3v) is 3.55. The maximum Gasteiger partial charge on any atom is 0.183 e. The van der Waals surface area contributed by atoms with Gasteiger partial charge >= 0.3 is 0 Å². The van der Waals surface area contributed by atoms with Gasteiger partial charge in [-0.1, -0.05) is 29.4 Å². The molecule has 6 heteroatoms. The topological polar surface area (TPSA) is 50.1 Å². The Labute approximate surface area is 132 Å². The van der Waals surface area contributed by atoms with Crippen LogP contribution in [0.4, 0.5) is 10.2 Å². The zero-order valence-electron chi connectivity index (χ0n) is 11.8. The molecule has 0 saturated carbocycles. The summed E-state index contributed by atoms with van der Waals surface area (Å²) in [5.41, 5.74) is 1.63. The molecule has 0 aliphatic rings. The molecule has 22 heavy (non-hydrogen) atoms. The summed E-state index contributed by atoms with van der Waals surface area (Å²) in [6, 6.07) is 13.8. The summed E-state index contributed by atoms with van der Waals surface area (Å²) in [5, 5.41) is 11.4. The lowest BCUT2D eigenvalue weighted by Crippen LogP contribution is -2.31. The largest absolute Gasteiger partial charge is 0.356 e. The molecule has 0 spiro atoms. The minimum atomic E-state index is -0.259. The van der Waals surface area contributed by atoms with Gasteiger partial charge in [-0.25, -0.2) is 4.39 Å². The zero-order valence-corrected chi connectivity index (χ0v) is 12.7. The molecular weight excluding hydrogens is 301 g/mol. The van der Waals surface area contributed by atoms with Crippen LogP contribution in [0.1, 0.15) is 18.5 Å². The van der Waals surface area contributed by atoms with Crippen LogP contribution in [0.25, 0.3) is 11.0 Å². The molecule has 0 saturated heterocycles. The Hall–Kier alpha value is -2.47. The normalized spacial score (nSPS) is 12.1. The van der Waals surface area contributed by atoms with Crippen molar-refractivity contribution in [3.8, 4) is 0 Å². The van der Waals surface area contributed by atoms with E-state index in [2.05, 4.69) is 15.8 Å². The van der Waals surface area contributed by atoms with Gasteiger partial charge < -0.3 is 15.2 Å². The molecule has 0 aliphatic heterocycles. The summed E-state index contributed by atoms with van der Waals surface area (Å²) < 4.78 is 18.1. The SMILES string of the molecule is CC(NC(=S)Nc1noc2ccccc12)c1ccc(F)cc1. The highest BCUT2D eigenvalue weighted by Crippen LogP contribution is 2.22. The monoisotopic (exact) mass is 315 g/mol. The van der Waals surface area contributed by atoms with Crippen molar-refractivity contribution in [3.63, 3.8) is 0 Å². The van der Waals surface area contributed by atoms with Crippen LogP contribution in [0.2, 0.25) is 0 Å². The Morgan fingerprint density at radius 3 is 2.68 bits per heavy atom. The van der Waals surface area contributed by atoms with E-state index < -0.39 is 0 Å². The van der Waals surface area contributed by atoms with Crippen LogP contribution in [0.15, 0.2) is 53.1 Å². The Balaban J connectivity index is 1.68. The van der Waals surface area contributed by atoms with Gasteiger partial charge in [0.2, 0.25) is 0 Å². The standard InChI is InChI=1S/C16H14FN3OS/c1-10(11-6-8-12(17)9-7-11)18-16(22)19-15-13-4-2-3-5-14(13)21-20-15/h2-10H,1H3,(H2,18,19,20,22). The third-order valence-electron chi connectivity index (χ3n) is 3.33. The molecule has 0 bridgehead atoms. The quantitative estimate of drug-likeness (QED) is 0.715. The van der Waals surface area contributed by atoms with Crippen molar-refractivity contribution in [1.82, 2.24) is 10.5 Å². The van der Waals surface area contributed by atoms with Crippen LogP contribution in [0.3, 0.4) is 0 Å². The van der Waals surface area contributed by atoms with Crippen molar-refractivity contribution in [2.45, 2.75) is 13.0 Å². The number of para-hydroxylation sites is 1. The van der Waals surface area contributed by atoms with Gasteiger partial charge in [-0.05, 0) is 49.0 Å². The first-order valence-corrected chi connectivity index (χ1v) is 7.22. The molecule has 2 N–H and O–H groups in total. The molecule has 1 heterocycles. The first-order chi connectivity index (χ1) is 10.6. The number of fused-ring (bicyclic) bond motifs is 1. The zero-order chi connectivity index (χ0) is 15.5. The molecule has 3 rings (SSSR count). The number of rotatable bonds is 3. The molecule has 0 fully saturated rings. The highest BCUT2D eigenvalue weighted by Gasteiger charge is 2.11. The Bertz CT molecular complexity index is 801. The van der Waals surface area contributed by atoms with Crippen molar-refractivity contribution in [2.24, 2.45) is 0 Å². The van der Waals surface area contributed by atoms with Crippen LogP contribution in [0, 0.1) is 5.82 Å². The van der Waals surface area contributed by atoms with E-state index in [-0.39, 0.29) is 11.9 Å². The summed E-state index contributed by atoms with van der Waals surface area (Å²) in [4.78, 5) is 0. The molecule has 3 aromatic rings. The van der Waals surface area contributed by atoms with Gasteiger partial charge in [0.25, 0.3) is 0 Å². The lowest BCUT2D eigenvalue weighted by atomic mass is 10.1. The Kier molecular flexibility index (Phi) is 4.02. The first-order valence-electron chi connectivity index (χ1n) is 6.81. The highest BCUT2D eigenvalue weighted by atomic mass is 32.1. The average Bonchev–Trinajstić information content (AvgIpc) is 2.91. The molecule has 1 aromatic heterocycles. The lowest BCUT2D eigenvalue weighted by molar-refractivity contribution is 0.460. The van der Waals surface area contributed by atoms with E-state index in [1.54, 1.807) is 12.1 Å². The highest BCUT2D eigenvalue weighted by molar-refractivity contribution is 7.80. The molecule has 112 valence electrons. The second kappa shape index (κ2) is 6.11. The van der Waals surface area contributed by atoms with Gasteiger partial charge in [0, 0.05) is 0 Å². The second-order valence-electron chi connectivity index (χ2n) is 4.90. The summed E-state index contributed by atoms with van der Waals surface area (Å²) in [6.07, 6.45) is 0. The van der Waals surface area contributed by atoms with Crippen LogP contribution in [0.5, 0.6) is 0 Å². The van der Waals surface area contributed by atoms with Crippen molar-refractivity contribution in [2.75, 3.05) is 5.32 Å². The van der Waals surface area contributed by atoms with Gasteiger partial charge in [-0.15, -0.1) is 0 Å². The maximum absolute atomic E-state index is 12.9. The number of nitrogens with zero attached hydrogens (tertiary/aromatic N) is 1. The maximum atomic E-state index is 12.9. The average molecular weight is 315 g/mol. The van der Waals surface area contributed by atoms with Gasteiger partial charge in [0.05, 0.1) is 11.4 Å². The molecule has 4 nitrogen and oxygen atoms in total. The van der Waals surface area contributed by atoms with Crippen molar-refractivity contribution in [1.29, 1.82) is 0 Å². The van der Waals surface area contributed by atoms with Gasteiger partial charge in [-0.3, -0.25) is 0 Å². The molecule has 0 radical (unpaired) electrons. The summed E-state index contributed by atoms with van der Waals surface area (Å²) in [6.45, 7) is 1.95. The van der Waals surface area contributed by atoms with E-state index in [9.17, 15) is 4.39 Å². The number of hydrogen-bond donors (Lipinski definition) is 2. The molecule has 0 aliphatic carbocycles. The van der Waals surface area contributed by atoms with Crippen molar-refractivity contribution in [3.05, 3.63) is 59.9 Å². The van der Waals surface area contributed by atoms with Crippen LogP contribution >= 0.6 is 12.2 Å². The van der Waals surface area contributed by atoms with E-state index >= 15 is 0 Å². The Morgan fingerprint density at radius 1 is 1.18 bits per heavy atom. The van der Waals surface area contributed by atoms with Gasteiger partial charge in [-0.2, -0.15) is 0 Å². The van der Waals surface area contributed by atoms with E-state index in [1.807, 2.05) is 31.2 Å². The Morgan fingerprint density at radius 2 is 1.91 bits per heavy atom. The minimum Gasteiger partial charge on any atom is -0.356 e. The van der Waals surface area contributed by atoms with E-state index in [0.29, 0.717) is 16.5 Å². The number of anilines is 1. The van der Waals surface area contributed by atoms with Crippen LogP contribution < -0.4 is 10.6 Å². The summed E-state index contributed by atoms with van der Waals surface area (Å²) in [5.74, 6) is 0.310. The number of aromatic nitrogens is 1. The first kappa shape index (κ1) is 14.5. The fourth-order valence-electron chi connectivity index (χ4n) is 2.15. The second-order valence-corrected chi connectivity index (χ2v) is 5.31. The smallest absolute Gasteiger partial charge is 0.183 e. The summed E-state index contributed by atoms with van der Waals surface area (Å²) in [7, 11) is 0. The number of thiocarbonyl (C=S) groups is 1. The van der Waals surface area contributed by atoms with E-state index in [4.69, 9.17) is 16.7 Å². The molecule has 0 amide bonds. The fourth-order valence-corrected chi connectivity index (χ4v) is 2.42. The molecule has 1 unspecified atom stereocenters. The third kappa shape index (κ3) is 3.07. The lowest BCUT2D eigenvalue weighted by Gasteiger charge is -2.16. The molecular formula is C16H14FN3OS. The predicted molar refractivity (Wildman–Crippen MR) is 88.2 cm³/mol. The van der Waals surface area contributed by atoms with Crippen molar-refractivity contribution < 1.29 is 8.91 Å². The van der Waals surface area contributed by atoms with E-state index in [1.165, 1.54) is 12.1 Å². The molecule has 2 aromatic carbocycles. The van der Waals surface area contributed by atoms with Gasteiger partial charge in [0.1, 0.15) is 5.82 Å². The number of benzene rings is 2. The van der Waals surface area contributed by atoms with Crippen molar-refractivity contribution >= 4 is 34.1 Å². The number of hydrogen-bond acceptors (Lipinski definition) is 3. The number of nitrogens with one attached hydrogen (secondary N) is 2. The van der Waals surface area contributed by atoms with E-state index in [0.717, 1.165) is 10.9 Å².